The highest BCUT2D eigenvalue weighted by Crippen LogP contribution is 2.32. The Balaban J connectivity index is 1.92. The van der Waals surface area contributed by atoms with E-state index < -0.39 is 23.4 Å². The summed E-state index contributed by atoms with van der Waals surface area (Å²) in [4.78, 5) is 14.2. The normalized spacial score (nSPS) is 18.2. The minimum atomic E-state index is -4.31. The van der Waals surface area contributed by atoms with Crippen LogP contribution in [0.1, 0.15) is 64.1 Å². The van der Waals surface area contributed by atoms with Gasteiger partial charge in [-0.2, -0.15) is 13.2 Å². The Morgan fingerprint density at radius 2 is 1.74 bits per heavy atom. The van der Waals surface area contributed by atoms with E-state index in [-0.39, 0.29) is 12.1 Å². The first-order valence-corrected chi connectivity index (χ1v) is 9.40. The van der Waals surface area contributed by atoms with Crippen LogP contribution in [-0.2, 0) is 10.9 Å². The van der Waals surface area contributed by atoms with Gasteiger partial charge in [0.15, 0.2) is 0 Å². The molecule has 0 saturated carbocycles. The molecule has 1 aliphatic heterocycles. The van der Waals surface area contributed by atoms with Gasteiger partial charge in [-0.3, -0.25) is 4.90 Å². The molecule has 1 fully saturated rings. The summed E-state index contributed by atoms with van der Waals surface area (Å²) in [7, 11) is 0. The number of nitrogens with zero attached hydrogens (tertiary/aromatic N) is 1. The van der Waals surface area contributed by atoms with Crippen molar-refractivity contribution in [1.82, 2.24) is 10.2 Å². The van der Waals surface area contributed by atoms with Crippen molar-refractivity contribution in [1.29, 1.82) is 0 Å². The average molecular weight is 386 g/mol. The molecule has 1 N–H and O–H groups in total. The maximum atomic E-state index is 12.8. The van der Waals surface area contributed by atoms with Gasteiger partial charge >= 0.3 is 12.3 Å². The fourth-order valence-electron chi connectivity index (χ4n) is 3.43. The number of nitrogens with one attached hydrogen (secondary N) is 1. The lowest BCUT2D eigenvalue weighted by Crippen LogP contribution is -2.46. The van der Waals surface area contributed by atoms with Crippen molar-refractivity contribution in [3.8, 4) is 0 Å². The fraction of sp³-hybridized carbons (Fsp3) is 0.650. The number of piperidine rings is 1. The van der Waals surface area contributed by atoms with Crippen molar-refractivity contribution in [2.24, 2.45) is 0 Å². The van der Waals surface area contributed by atoms with Gasteiger partial charge in [0.2, 0.25) is 0 Å². The Morgan fingerprint density at radius 1 is 1.19 bits per heavy atom. The van der Waals surface area contributed by atoms with Crippen LogP contribution < -0.4 is 5.32 Å². The maximum absolute atomic E-state index is 12.8. The number of likely N-dealkylation sites (tertiary alicyclic amines) is 1. The van der Waals surface area contributed by atoms with E-state index in [0.29, 0.717) is 0 Å². The molecule has 0 aromatic heterocycles. The summed E-state index contributed by atoms with van der Waals surface area (Å²) in [5.41, 5.74) is -0.258. The monoisotopic (exact) mass is 386 g/mol. The molecule has 0 aliphatic carbocycles. The first-order valence-electron chi connectivity index (χ1n) is 9.40. The third kappa shape index (κ3) is 6.41. The SMILES string of the molecule is CCC(c1ccc(C(F)(F)F)cc1)N1CCC(NC(=O)OC(C)(C)C)CC1. The van der Waals surface area contributed by atoms with Crippen molar-refractivity contribution in [2.75, 3.05) is 13.1 Å². The molecule has 2 rings (SSSR count). The zero-order valence-electron chi connectivity index (χ0n) is 16.4. The van der Waals surface area contributed by atoms with Crippen LogP contribution in [0, 0.1) is 0 Å². The topological polar surface area (TPSA) is 41.6 Å². The van der Waals surface area contributed by atoms with Crippen molar-refractivity contribution >= 4 is 6.09 Å². The van der Waals surface area contributed by atoms with Crippen LogP contribution in [0.2, 0.25) is 0 Å². The molecule has 1 unspecified atom stereocenters. The molecule has 1 amide bonds. The number of hydrogen-bond acceptors (Lipinski definition) is 3. The average Bonchev–Trinajstić information content (AvgIpc) is 2.55. The van der Waals surface area contributed by atoms with Crippen LogP contribution >= 0.6 is 0 Å². The lowest BCUT2D eigenvalue weighted by molar-refractivity contribution is -0.137. The first-order chi connectivity index (χ1) is 12.5. The van der Waals surface area contributed by atoms with Crippen molar-refractivity contribution in [3.05, 3.63) is 35.4 Å². The Hall–Kier alpha value is -1.76. The lowest BCUT2D eigenvalue weighted by atomic mass is 9.97. The Labute approximate surface area is 159 Å². The summed E-state index contributed by atoms with van der Waals surface area (Å²) < 4.78 is 43.5. The number of hydrogen-bond donors (Lipinski definition) is 1. The summed E-state index contributed by atoms with van der Waals surface area (Å²) in [5, 5.41) is 2.90. The second-order valence-electron chi connectivity index (χ2n) is 8.00. The second-order valence-corrected chi connectivity index (χ2v) is 8.00. The summed E-state index contributed by atoms with van der Waals surface area (Å²) in [6, 6.07) is 5.57. The maximum Gasteiger partial charge on any atom is 0.416 e. The minimum Gasteiger partial charge on any atom is -0.444 e. The Bertz CT molecular complexity index is 616. The molecule has 0 radical (unpaired) electrons. The van der Waals surface area contributed by atoms with Crippen LogP contribution in [0.25, 0.3) is 0 Å². The van der Waals surface area contributed by atoms with E-state index in [2.05, 4.69) is 10.2 Å². The zero-order chi connectivity index (χ0) is 20.2. The van der Waals surface area contributed by atoms with E-state index in [0.717, 1.165) is 50.0 Å². The number of halogens is 3. The van der Waals surface area contributed by atoms with Gasteiger partial charge in [-0.25, -0.2) is 4.79 Å². The molecular weight excluding hydrogens is 357 g/mol. The van der Waals surface area contributed by atoms with Crippen molar-refractivity contribution in [3.63, 3.8) is 0 Å². The van der Waals surface area contributed by atoms with Gasteiger partial charge in [-0.05, 0) is 57.7 Å². The molecule has 152 valence electrons. The summed E-state index contributed by atoms with van der Waals surface area (Å²) >= 11 is 0. The number of benzene rings is 1. The van der Waals surface area contributed by atoms with Gasteiger partial charge < -0.3 is 10.1 Å². The van der Waals surface area contributed by atoms with Crippen LogP contribution in [0.5, 0.6) is 0 Å². The molecule has 7 heteroatoms. The van der Waals surface area contributed by atoms with E-state index in [1.54, 1.807) is 12.1 Å². The number of alkyl carbamates (subject to hydrolysis) is 1. The summed E-state index contributed by atoms with van der Waals surface area (Å²) in [6.45, 7) is 9.06. The Morgan fingerprint density at radius 3 is 2.19 bits per heavy atom. The van der Waals surface area contributed by atoms with Crippen LogP contribution in [-0.4, -0.2) is 35.7 Å². The summed E-state index contributed by atoms with van der Waals surface area (Å²) in [6.07, 6.45) is -2.33. The molecule has 1 aromatic carbocycles. The van der Waals surface area contributed by atoms with Gasteiger partial charge in [0.1, 0.15) is 5.60 Å². The van der Waals surface area contributed by atoms with E-state index in [1.807, 2.05) is 27.7 Å². The number of amides is 1. The second kappa shape index (κ2) is 8.50. The quantitative estimate of drug-likeness (QED) is 0.778. The fourth-order valence-corrected chi connectivity index (χ4v) is 3.43. The first kappa shape index (κ1) is 21.5. The van der Waals surface area contributed by atoms with Gasteiger partial charge in [0, 0.05) is 25.2 Å². The van der Waals surface area contributed by atoms with E-state index in [9.17, 15) is 18.0 Å². The van der Waals surface area contributed by atoms with Gasteiger partial charge in [-0.1, -0.05) is 19.1 Å². The molecule has 4 nitrogen and oxygen atoms in total. The standard InChI is InChI=1S/C20H29F3N2O2/c1-5-17(14-6-8-15(9-7-14)20(21,22)23)25-12-10-16(11-13-25)24-18(26)27-19(2,3)4/h6-9,16-17H,5,10-13H2,1-4H3,(H,24,26). The molecule has 1 heterocycles. The molecule has 1 atom stereocenters. The van der Waals surface area contributed by atoms with E-state index in [1.165, 1.54) is 0 Å². The van der Waals surface area contributed by atoms with Crippen molar-refractivity contribution < 1.29 is 22.7 Å². The van der Waals surface area contributed by atoms with Crippen LogP contribution in [0.3, 0.4) is 0 Å². The zero-order valence-corrected chi connectivity index (χ0v) is 16.4. The predicted molar refractivity (Wildman–Crippen MR) is 98.4 cm³/mol. The largest absolute Gasteiger partial charge is 0.444 e. The summed E-state index contributed by atoms with van der Waals surface area (Å²) in [5.74, 6) is 0. The number of alkyl halides is 3. The Kier molecular flexibility index (Phi) is 6.78. The highest BCUT2D eigenvalue weighted by atomic mass is 19.4. The number of rotatable bonds is 4. The van der Waals surface area contributed by atoms with Gasteiger partial charge in [0.25, 0.3) is 0 Å². The molecule has 0 bridgehead atoms. The minimum absolute atomic E-state index is 0.0567. The number of carbonyl (C=O) groups is 1. The van der Waals surface area contributed by atoms with Crippen LogP contribution in [0.4, 0.5) is 18.0 Å². The highest BCUT2D eigenvalue weighted by molar-refractivity contribution is 5.68. The third-order valence-corrected chi connectivity index (χ3v) is 4.70. The smallest absolute Gasteiger partial charge is 0.416 e. The number of ether oxygens (including phenoxy) is 1. The highest BCUT2D eigenvalue weighted by Gasteiger charge is 2.31. The van der Waals surface area contributed by atoms with Crippen LogP contribution in [0.15, 0.2) is 24.3 Å². The van der Waals surface area contributed by atoms with Gasteiger partial charge in [-0.15, -0.1) is 0 Å². The lowest BCUT2D eigenvalue weighted by Gasteiger charge is -2.38. The predicted octanol–water partition coefficient (Wildman–Crippen LogP) is 5.15. The molecule has 1 saturated heterocycles. The third-order valence-electron chi connectivity index (χ3n) is 4.70. The molecule has 0 spiro atoms. The molecule has 1 aromatic rings. The van der Waals surface area contributed by atoms with Crippen molar-refractivity contribution in [2.45, 2.75) is 70.8 Å². The van der Waals surface area contributed by atoms with Gasteiger partial charge in [0.05, 0.1) is 5.56 Å². The van der Waals surface area contributed by atoms with E-state index >= 15 is 0 Å². The molecule has 1 aliphatic rings. The molecular formula is C20H29F3N2O2. The number of carbonyl (C=O) groups excluding carboxylic acids is 1. The van der Waals surface area contributed by atoms with E-state index in [4.69, 9.17) is 4.74 Å². The molecule has 27 heavy (non-hydrogen) atoms.